The fraction of sp³-hybridized carbons (Fsp3) is 0.111. The molecule has 5 heteroatoms. The highest BCUT2D eigenvalue weighted by molar-refractivity contribution is 7.85. The number of ether oxygens (including phenoxy) is 1. The van der Waals surface area contributed by atoms with E-state index in [1.807, 2.05) is 103 Å². The number of hydrogen-bond acceptors (Lipinski definition) is 4. The van der Waals surface area contributed by atoms with Crippen LogP contribution in [-0.4, -0.2) is 0 Å². The molecule has 8 aromatic carbocycles. The number of nitrogens with zero attached hydrogens (tertiary/aromatic N) is 1. The van der Waals surface area contributed by atoms with Crippen molar-refractivity contribution in [2.75, 3.05) is 4.90 Å². The average Bonchev–Trinajstić information content (AvgIpc) is 3.70. The molecule has 11 rings (SSSR count). The van der Waals surface area contributed by atoms with Crippen LogP contribution in [0.25, 0.3) is 33.1 Å². The summed E-state index contributed by atoms with van der Waals surface area (Å²) >= 11 is 0. The Bertz CT molecular complexity index is 2930. The van der Waals surface area contributed by atoms with Crippen molar-refractivity contribution in [3.63, 3.8) is 0 Å². The van der Waals surface area contributed by atoms with E-state index in [9.17, 15) is 0 Å². The molecule has 0 radical (unpaired) electrons. The van der Waals surface area contributed by atoms with Gasteiger partial charge in [0.2, 0.25) is 0 Å². The number of para-hydroxylation sites is 5. The minimum absolute atomic E-state index is 0.0949. The number of benzene rings is 8. The van der Waals surface area contributed by atoms with Crippen molar-refractivity contribution in [2.24, 2.45) is 0 Å². The predicted octanol–water partition coefficient (Wildman–Crippen LogP) is 13.7. The summed E-state index contributed by atoms with van der Waals surface area (Å²) in [7, 11) is -3.36. The molecule has 1 aromatic heterocycles. The third kappa shape index (κ3) is 5.85. The van der Waals surface area contributed by atoms with E-state index in [-0.39, 0.29) is 5.41 Å². The lowest BCUT2D eigenvalue weighted by atomic mass is 9.65. The summed E-state index contributed by atoms with van der Waals surface area (Å²) in [6.07, 6.45) is 5.83. The van der Waals surface area contributed by atoms with Crippen molar-refractivity contribution in [3.8, 4) is 22.6 Å². The molecule has 1 fully saturated rings. The third-order valence-corrected chi connectivity index (χ3v) is 15.7. The van der Waals surface area contributed by atoms with Crippen molar-refractivity contribution in [2.45, 2.75) is 37.5 Å². The molecule has 286 valence electrons. The molecular weight excluding hydrogens is 742 g/mol. The fourth-order valence-electron chi connectivity index (χ4n) is 9.71. The van der Waals surface area contributed by atoms with Crippen molar-refractivity contribution in [1.82, 2.24) is 0 Å². The Morgan fingerprint density at radius 3 is 1.66 bits per heavy atom. The summed E-state index contributed by atoms with van der Waals surface area (Å²) in [4.78, 5) is 2.31. The highest BCUT2D eigenvalue weighted by Gasteiger charge is 2.37. The first-order valence-corrected chi connectivity index (χ1v) is 22.4. The summed E-state index contributed by atoms with van der Waals surface area (Å²) in [5.74, 6) is 1.71. The SMILES string of the molecule is O=P(c1ccccc1)(c1ccccc1)c1cc(-c2ccc(C3(c4ccc(N5c6ccccc6Oc6ccccc65)cc4)CCCCC3)cc2)cc2c1oc1ccccc12. The number of fused-ring (bicyclic) bond motifs is 5. The smallest absolute Gasteiger partial charge is 0.174 e. The normalized spacial score (nSPS) is 14.7. The monoisotopic (exact) mass is 783 g/mol. The van der Waals surface area contributed by atoms with Crippen molar-refractivity contribution in [1.29, 1.82) is 0 Å². The van der Waals surface area contributed by atoms with Gasteiger partial charge in [0.1, 0.15) is 11.2 Å². The zero-order valence-corrected chi connectivity index (χ0v) is 33.5. The highest BCUT2D eigenvalue weighted by Crippen LogP contribution is 2.52. The van der Waals surface area contributed by atoms with Gasteiger partial charge in [0.15, 0.2) is 18.6 Å². The van der Waals surface area contributed by atoms with Gasteiger partial charge in [0.05, 0.1) is 16.7 Å². The van der Waals surface area contributed by atoms with Gasteiger partial charge in [-0.05, 0) is 89.7 Å². The lowest BCUT2D eigenvalue weighted by Gasteiger charge is -2.39. The third-order valence-electron chi connectivity index (χ3n) is 12.6. The largest absolute Gasteiger partial charge is 0.455 e. The van der Waals surface area contributed by atoms with Crippen LogP contribution in [-0.2, 0) is 9.98 Å². The first kappa shape index (κ1) is 35.5. The molecular formula is C54H42NO3P. The Morgan fingerprint density at radius 1 is 0.492 bits per heavy atom. The van der Waals surface area contributed by atoms with E-state index < -0.39 is 7.14 Å². The molecule has 0 atom stereocenters. The lowest BCUT2D eigenvalue weighted by molar-refractivity contribution is 0.346. The van der Waals surface area contributed by atoms with Gasteiger partial charge in [-0.1, -0.05) is 159 Å². The Hall–Kier alpha value is -6.61. The first-order chi connectivity index (χ1) is 29.1. The van der Waals surface area contributed by atoms with Crippen LogP contribution in [0, 0.1) is 0 Å². The fourth-order valence-corrected chi connectivity index (χ4v) is 12.5. The summed E-state index contributed by atoms with van der Waals surface area (Å²) in [6.45, 7) is 0. The van der Waals surface area contributed by atoms with Gasteiger partial charge >= 0.3 is 0 Å². The maximum Gasteiger partial charge on any atom is 0.174 e. The van der Waals surface area contributed by atoms with E-state index >= 15 is 4.57 Å². The summed E-state index contributed by atoms with van der Waals surface area (Å²) in [5.41, 5.74) is 9.35. The molecule has 9 aromatic rings. The molecule has 2 heterocycles. The van der Waals surface area contributed by atoms with E-state index in [1.54, 1.807) is 0 Å². The van der Waals surface area contributed by atoms with Crippen LogP contribution in [0.4, 0.5) is 17.1 Å². The highest BCUT2D eigenvalue weighted by atomic mass is 31.2. The molecule has 0 saturated heterocycles. The summed E-state index contributed by atoms with van der Waals surface area (Å²) in [5, 5.41) is 4.28. The topological polar surface area (TPSA) is 42.7 Å². The van der Waals surface area contributed by atoms with E-state index in [2.05, 4.69) is 95.9 Å². The molecule has 0 N–H and O–H groups in total. The Balaban J connectivity index is 1.01. The summed E-state index contributed by atoms with van der Waals surface area (Å²) in [6, 6.07) is 67.2. The van der Waals surface area contributed by atoms with Crippen LogP contribution >= 0.6 is 7.14 Å². The van der Waals surface area contributed by atoms with Gasteiger partial charge < -0.3 is 18.6 Å². The minimum Gasteiger partial charge on any atom is -0.455 e. The molecule has 59 heavy (non-hydrogen) atoms. The molecule has 0 bridgehead atoms. The molecule has 0 spiro atoms. The van der Waals surface area contributed by atoms with Crippen LogP contribution in [0.2, 0.25) is 0 Å². The Labute approximate surface area is 344 Å². The molecule has 1 aliphatic heterocycles. The van der Waals surface area contributed by atoms with Crippen molar-refractivity contribution >= 4 is 62.1 Å². The number of furan rings is 1. The zero-order chi connectivity index (χ0) is 39.4. The van der Waals surface area contributed by atoms with Crippen LogP contribution in [0.3, 0.4) is 0 Å². The molecule has 4 nitrogen and oxygen atoms in total. The van der Waals surface area contributed by atoms with Crippen LogP contribution in [0.1, 0.15) is 43.2 Å². The standard InChI is InChI=1S/C54H42NO3P/c56-59(43-16-4-1-5-17-43,44-18-6-2-7-19-44)52-37-39(36-46-45-20-8-11-23-49(45)58-53(46)52)38-26-28-40(29-27-38)54(34-14-3-15-35-54)41-30-32-42(33-31-41)55-47-21-9-12-24-50(47)57-51-25-13-10-22-48(51)55/h1-2,4-13,16-33,36-37H,3,14-15,34-35H2. The minimum atomic E-state index is -3.36. The van der Waals surface area contributed by atoms with Gasteiger partial charge in [-0.25, -0.2) is 0 Å². The summed E-state index contributed by atoms with van der Waals surface area (Å²) < 4.78 is 28.9. The van der Waals surface area contributed by atoms with Crippen LogP contribution < -0.4 is 25.6 Å². The first-order valence-electron chi connectivity index (χ1n) is 20.6. The van der Waals surface area contributed by atoms with E-state index in [1.165, 1.54) is 30.4 Å². The average molecular weight is 784 g/mol. The molecule has 0 amide bonds. The number of rotatable bonds is 7. The zero-order valence-electron chi connectivity index (χ0n) is 32.6. The quantitative estimate of drug-likeness (QED) is 0.151. The number of anilines is 3. The van der Waals surface area contributed by atoms with Crippen molar-refractivity contribution in [3.05, 3.63) is 205 Å². The maximum atomic E-state index is 15.9. The second-order valence-electron chi connectivity index (χ2n) is 15.9. The maximum absolute atomic E-state index is 15.9. The second-order valence-corrected chi connectivity index (χ2v) is 18.6. The Morgan fingerprint density at radius 2 is 1.03 bits per heavy atom. The van der Waals surface area contributed by atoms with E-state index in [0.717, 1.165) is 84.8 Å². The second kappa shape index (κ2) is 14.3. The van der Waals surface area contributed by atoms with E-state index in [4.69, 9.17) is 9.15 Å². The van der Waals surface area contributed by atoms with Gasteiger partial charge in [-0.3, -0.25) is 0 Å². The van der Waals surface area contributed by atoms with Crippen LogP contribution in [0.15, 0.2) is 199 Å². The Kier molecular flexibility index (Phi) is 8.64. The van der Waals surface area contributed by atoms with Gasteiger partial charge in [-0.15, -0.1) is 0 Å². The molecule has 2 aliphatic rings. The van der Waals surface area contributed by atoms with Crippen molar-refractivity contribution < 1.29 is 13.7 Å². The lowest BCUT2D eigenvalue weighted by Crippen LogP contribution is -2.30. The molecule has 1 aliphatic carbocycles. The van der Waals surface area contributed by atoms with E-state index in [0.29, 0.717) is 5.58 Å². The molecule has 0 unspecified atom stereocenters. The molecule has 1 saturated carbocycles. The van der Waals surface area contributed by atoms with Gasteiger partial charge in [0, 0.05) is 32.5 Å². The van der Waals surface area contributed by atoms with Crippen LogP contribution in [0.5, 0.6) is 11.5 Å². The van der Waals surface area contributed by atoms with Gasteiger partial charge in [0.25, 0.3) is 0 Å². The van der Waals surface area contributed by atoms with Gasteiger partial charge in [-0.2, -0.15) is 0 Å². The predicted molar refractivity (Wildman–Crippen MR) is 244 cm³/mol. The number of hydrogen-bond donors (Lipinski definition) is 0.